The van der Waals surface area contributed by atoms with Crippen molar-refractivity contribution in [1.82, 2.24) is 5.32 Å². The Hall–Kier alpha value is -1.03. The zero-order valence-corrected chi connectivity index (χ0v) is 12.2. The summed E-state index contributed by atoms with van der Waals surface area (Å²) in [5, 5.41) is 2.82. The van der Waals surface area contributed by atoms with Gasteiger partial charge < -0.3 is 10.1 Å². The fourth-order valence-corrected chi connectivity index (χ4v) is 1.69. The van der Waals surface area contributed by atoms with Gasteiger partial charge in [-0.3, -0.25) is 4.79 Å². The first-order valence-electron chi connectivity index (χ1n) is 5.63. The second kappa shape index (κ2) is 6.05. The highest BCUT2D eigenvalue weighted by Crippen LogP contribution is 2.23. The van der Waals surface area contributed by atoms with Gasteiger partial charge in [0, 0.05) is 10.5 Å². The Kier molecular flexibility index (Phi) is 5.00. The zero-order chi connectivity index (χ0) is 13.0. The summed E-state index contributed by atoms with van der Waals surface area (Å²) in [7, 11) is 0. The number of ether oxygens (including phenoxy) is 1. The summed E-state index contributed by atoms with van der Waals surface area (Å²) in [6.07, 6.45) is -0.495. The number of carbonyl (C=O) groups excluding carboxylic acids is 1. The van der Waals surface area contributed by atoms with Crippen LogP contribution in [0.15, 0.2) is 22.7 Å². The van der Waals surface area contributed by atoms with Gasteiger partial charge in [0.2, 0.25) is 0 Å². The summed E-state index contributed by atoms with van der Waals surface area (Å²) in [4.78, 5) is 11.7. The average Bonchev–Trinajstić information content (AvgIpc) is 2.22. The Bertz CT molecular complexity index is 404. The lowest BCUT2D eigenvalue weighted by atomic mass is 10.2. The van der Waals surface area contributed by atoms with Crippen LogP contribution < -0.4 is 10.1 Å². The van der Waals surface area contributed by atoms with Crippen LogP contribution in [0.1, 0.15) is 26.3 Å². The van der Waals surface area contributed by atoms with Crippen LogP contribution in [-0.2, 0) is 4.79 Å². The van der Waals surface area contributed by atoms with Gasteiger partial charge in [0.05, 0.1) is 0 Å². The number of rotatable bonds is 4. The van der Waals surface area contributed by atoms with E-state index in [1.165, 1.54) is 0 Å². The van der Waals surface area contributed by atoms with E-state index in [9.17, 15) is 4.79 Å². The molecule has 0 spiro atoms. The van der Waals surface area contributed by atoms with E-state index in [0.29, 0.717) is 0 Å². The Morgan fingerprint density at radius 3 is 2.59 bits per heavy atom. The third-order valence-electron chi connectivity index (χ3n) is 2.25. The molecule has 1 aromatic carbocycles. The Balaban J connectivity index is 2.70. The first-order chi connectivity index (χ1) is 7.90. The van der Waals surface area contributed by atoms with Gasteiger partial charge in [0.1, 0.15) is 5.75 Å². The molecule has 17 heavy (non-hydrogen) atoms. The van der Waals surface area contributed by atoms with Crippen molar-refractivity contribution in [2.45, 2.75) is 39.8 Å². The number of aryl methyl sites for hydroxylation is 1. The quantitative estimate of drug-likeness (QED) is 0.928. The van der Waals surface area contributed by atoms with Gasteiger partial charge in [-0.15, -0.1) is 0 Å². The summed E-state index contributed by atoms with van der Waals surface area (Å²) < 4.78 is 6.59. The molecule has 0 radical (unpaired) electrons. The highest BCUT2D eigenvalue weighted by Gasteiger charge is 2.16. The number of carbonyl (C=O) groups is 1. The standard InChI is InChI=1S/C13H18BrNO2/c1-8(2)15-13(16)10(4)17-12-7-11(14)6-5-9(12)3/h5-8,10H,1-4H3,(H,15,16). The molecule has 1 rings (SSSR count). The van der Waals surface area contributed by atoms with Gasteiger partial charge >= 0.3 is 0 Å². The highest BCUT2D eigenvalue weighted by atomic mass is 79.9. The smallest absolute Gasteiger partial charge is 0.260 e. The molecule has 1 aromatic rings. The van der Waals surface area contributed by atoms with E-state index in [1.807, 2.05) is 39.0 Å². The molecule has 0 heterocycles. The van der Waals surface area contributed by atoms with Crippen molar-refractivity contribution in [3.05, 3.63) is 28.2 Å². The molecule has 3 nitrogen and oxygen atoms in total. The SMILES string of the molecule is Cc1ccc(Br)cc1OC(C)C(=O)NC(C)C. The van der Waals surface area contributed by atoms with Gasteiger partial charge in [-0.1, -0.05) is 22.0 Å². The van der Waals surface area contributed by atoms with Crippen molar-refractivity contribution in [1.29, 1.82) is 0 Å². The molecular formula is C13H18BrNO2. The number of nitrogens with one attached hydrogen (secondary N) is 1. The second-order valence-corrected chi connectivity index (χ2v) is 5.25. The van der Waals surface area contributed by atoms with E-state index in [0.717, 1.165) is 15.8 Å². The van der Waals surface area contributed by atoms with E-state index in [4.69, 9.17) is 4.74 Å². The Labute approximate surface area is 111 Å². The maximum Gasteiger partial charge on any atom is 0.260 e. The molecule has 0 aromatic heterocycles. The van der Waals surface area contributed by atoms with E-state index in [2.05, 4.69) is 21.2 Å². The van der Waals surface area contributed by atoms with Gasteiger partial charge in [-0.2, -0.15) is 0 Å². The fraction of sp³-hybridized carbons (Fsp3) is 0.462. The number of benzene rings is 1. The number of hydrogen-bond donors (Lipinski definition) is 1. The minimum atomic E-state index is -0.495. The molecule has 94 valence electrons. The molecule has 0 aliphatic rings. The maximum absolute atomic E-state index is 11.7. The minimum Gasteiger partial charge on any atom is -0.481 e. The van der Waals surface area contributed by atoms with Crippen LogP contribution in [0, 0.1) is 6.92 Å². The van der Waals surface area contributed by atoms with Crippen molar-refractivity contribution < 1.29 is 9.53 Å². The largest absolute Gasteiger partial charge is 0.481 e. The lowest BCUT2D eigenvalue weighted by Crippen LogP contribution is -2.40. The summed E-state index contributed by atoms with van der Waals surface area (Å²) in [5.74, 6) is 0.630. The molecule has 0 saturated heterocycles. The number of amides is 1. The van der Waals surface area contributed by atoms with Crippen LogP contribution in [-0.4, -0.2) is 18.1 Å². The normalized spacial score (nSPS) is 12.4. The van der Waals surface area contributed by atoms with Crippen molar-refractivity contribution >= 4 is 21.8 Å². The molecule has 0 aliphatic heterocycles. The lowest BCUT2D eigenvalue weighted by molar-refractivity contribution is -0.127. The third-order valence-corrected chi connectivity index (χ3v) is 2.75. The van der Waals surface area contributed by atoms with E-state index >= 15 is 0 Å². The molecule has 1 N–H and O–H groups in total. The molecule has 0 saturated carbocycles. The number of halogens is 1. The molecule has 4 heteroatoms. The zero-order valence-electron chi connectivity index (χ0n) is 10.6. The lowest BCUT2D eigenvalue weighted by Gasteiger charge is -2.17. The average molecular weight is 300 g/mol. The molecule has 0 fully saturated rings. The fourth-order valence-electron chi connectivity index (χ4n) is 1.35. The van der Waals surface area contributed by atoms with Crippen molar-refractivity contribution in [3.63, 3.8) is 0 Å². The first kappa shape index (κ1) is 14.0. The van der Waals surface area contributed by atoms with Crippen LogP contribution in [0.4, 0.5) is 0 Å². The summed E-state index contributed by atoms with van der Waals surface area (Å²) in [6, 6.07) is 5.89. The predicted molar refractivity (Wildman–Crippen MR) is 72.2 cm³/mol. The topological polar surface area (TPSA) is 38.3 Å². The molecule has 1 unspecified atom stereocenters. The van der Waals surface area contributed by atoms with Crippen molar-refractivity contribution in [3.8, 4) is 5.75 Å². The summed E-state index contributed by atoms with van der Waals surface area (Å²) >= 11 is 3.38. The molecule has 0 aliphatic carbocycles. The summed E-state index contributed by atoms with van der Waals surface area (Å²) in [5.41, 5.74) is 1.01. The molecule has 1 atom stereocenters. The Morgan fingerprint density at radius 2 is 2.00 bits per heavy atom. The monoisotopic (exact) mass is 299 g/mol. The van der Waals surface area contributed by atoms with Crippen molar-refractivity contribution in [2.24, 2.45) is 0 Å². The highest BCUT2D eigenvalue weighted by molar-refractivity contribution is 9.10. The van der Waals surface area contributed by atoms with E-state index in [1.54, 1.807) is 6.92 Å². The predicted octanol–water partition coefficient (Wildman–Crippen LogP) is 3.05. The molecule has 0 bridgehead atoms. The van der Waals surface area contributed by atoms with Gasteiger partial charge in [0.25, 0.3) is 5.91 Å². The molecule has 1 amide bonds. The van der Waals surface area contributed by atoms with Crippen LogP contribution in [0.2, 0.25) is 0 Å². The first-order valence-corrected chi connectivity index (χ1v) is 6.42. The van der Waals surface area contributed by atoms with Gasteiger partial charge in [-0.25, -0.2) is 0 Å². The maximum atomic E-state index is 11.7. The van der Waals surface area contributed by atoms with Crippen LogP contribution in [0.25, 0.3) is 0 Å². The molecular weight excluding hydrogens is 282 g/mol. The van der Waals surface area contributed by atoms with E-state index in [-0.39, 0.29) is 11.9 Å². The van der Waals surface area contributed by atoms with Gasteiger partial charge in [0.15, 0.2) is 6.10 Å². The van der Waals surface area contributed by atoms with Crippen LogP contribution in [0.3, 0.4) is 0 Å². The number of hydrogen-bond acceptors (Lipinski definition) is 2. The van der Waals surface area contributed by atoms with Crippen molar-refractivity contribution in [2.75, 3.05) is 0 Å². The van der Waals surface area contributed by atoms with E-state index < -0.39 is 6.10 Å². The Morgan fingerprint density at radius 1 is 1.35 bits per heavy atom. The second-order valence-electron chi connectivity index (χ2n) is 4.33. The third kappa shape index (κ3) is 4.38. The van der Waals surface area contributed by atoms with Crippen LogP contribution in [0.5, 0.6) is 5.75 Å². The minimum absolute atomic E-state index is 0.0978. The summed E-state index contributed by atoms with van der Waals surface area (Å²) in [6.45, 7) is 7.55. The van der Waals surface area contributed by atoms with Crippen LogP contribution >= 0.6 is 15.9 Å². The van der Waals surface area contributed by atoms with Gasteiger partial charge in [-0.05, 0) is 45.4 Å².